The van der Waals surface area contributed by atoms with Gasteiger partial charge in [-0.1, -0.05) is 30.3 Å². The van der Waals surface area contributed by atoms with Crippen LogP contribution in [-0.4, -0.2) is 12.2 Å². The average molecular weight is 239 g/mol. The predicted octanol–water partition coefficient (Wildman–Crippen LogP) is 3.36. The molecular weight excluding hydrogens is 226 g/mol. The molecule has 0 radical (unpaired) electrons. The molecule has 0 aliphatic rings. The van der Waals surface area contributed by atoms with E-state index in [9.17, 15) is 4.79 Å². The van der Waals surface area contributed by atoms with Crippen molar-refractivity contribution in [3.63, 3.8) is 0 Å². The highest BCUT2D eigenvalue weighted by molar-refractivity contribution is 5.81. The topological polar surface area (TPSA) is 38.7 Å². The van der Waals surface area contributed by atoms with Crippen molar-refractivity contribution in [1.29, 1.82) is 0 Å². The number of carbonyl (C=O) groups excluding carboxylic acids is 1. The summed E-state index contributed by atoms with van der Waals surface area (Å²) in [6.07, 6.45) is 1.79. The minimum absolute atomic E-state index is 0.324. The molecule has 0 amide bonds. The minimum Gasteiger partial charge on any atom is -0.427 e. The highest BCUT2D eigenvalue weighted by Gasteiger charge is 1.97. The van der Waals surface area contributed by atoms with E-state index in [0.29, 0.717) is 5.75 Å². The third-order valence-corrected chi connectivity index (χ3v) is 2.26. The molecule has 0 aliphatic carbocycles. The van der Waals surface area contributed by atoms with Crippen LogP contribution in [0.15, 0.2) is 59.6 Å². The zero-order valence-electron chi connectivity index (χ0n) is 10.0. The maximum absolute atomic E-state index is 10.8. The van der Waals surface area contributed by atoms with Crippen LogP contribution in [0.25, 0.3) is 0 Å². The first-order chi connectivity index (χ1) is 8.74. The van der Waals surface area contributed by atoms with Crippen molar-refractivity contribution < 1.29 is 9.53 Å². The molecule has 0 N–H and O–H groups in total. The zero-order chi connectivity index (χ0) is 12.8. The molecule has 2 aromatic rings. The fourth-order valence-corrected chi connectivity index (χ4v) is 1.45. The molecule has 2 rings (SSSR count). The molecule has 0 unspecified atom stereocenters. The van der Waals surface area contributed by atoms with Gasteiger partial charge in [-0.3, -0.25) is 9.79 Å². The van der Waals surface area contributed by atoms with Gasteiger partial charge in [-0.15, -0.1) is 0 Å². The van der Waals surface area contributed by atoms with Gasteiger partial charge in [0.2, 0.25) is 0 Å². The van der Waals surface area contributed by atoms with Crippen LogP contribution in [0.2, 0.25) is 0 Å². The Morgan fingerprint density at radius 1 is 1.06 bits per heavy atom. The molecule has 3 heteroatoms. The van der Waals surface area contributed by atoms with Gasteiger partial charge in [0.15, 0.2) is 0 Å². The summed E-state index contributed by atoms with van der Waals surface area (Å²) in [6, 6.07) is 16.9. The van der Waals surface area contributed by atoms with Crippen LogP contribution >= 0.6 is 0 Å². The molecule has 3 nitrogen and oxygen atoms in total. The van der Waals surface area contributed by atoms with Crippen molar-refractivity contribution in [3.05, 3.63) is 60.2 Å². The van der Waals surface area contributed by atoms with E-state index in [4.69, 9.17) is 4.74 Å². The van der Waals surface area contributed by atoms with Gasteiger partial charge in [-0.25, -0.2) is 0 Å². The number of nitrogens with zero attached hydrogens (tertiary/aromatic N) is 1. The third kappa shape index (κ3) is 3.56. The summed E-state index contributed by atoms with van der Waals surface area (Å²) in [4.78, 5) is 15.1. The van der Waals surface area contributed by atoms with Crippen LogP contribution < -0.4 is 4.74 Å². The van der Waals surface area contributed by atoms with Crippen molar-refractivity contribution in [2.75, 3.05) is 0 Å². The average Bonchev–Trinajstić information content (AvgIpc) is 2.38. The molecule has 0 heterocycles. The second-order valence-corrected chi connectivity index (χ2v) is 3.76. The molecule has 0 fully saturated rings. The van der Waals surface area contributed by atoms with Crippen molar-refractivity contribution in [1.82, 2.24) is 0 Å². The number of esters is 1. The number of carbonyl (C=O) groups is 1. The Morgan fingerprint density at radius 3 is 2.33 bits per heavy atom. The molecule has 90 valence electrons. The lowest BCUT2D eigenvalue weighted by atomic mass is 10.2. The number of rotatable bonds is 3. The first kappa shape index (κ1) is 12.0. The highest BCUT2D eigenvalue weighted by Crippen LogP contribution is 2.18. The lowest BCUT2D eigenvalue weighted by molar-refractivity contribution is -0.131. The van der Waals surface area contributed by atoms with E-state index >= 15 is 0 Å². The Bertz CT molecular complexity index is 544. The van der Waals surface area contributed by atoms with Crippen LogP contribution in [0.1, 0.15) is 12.5 Å². The van der Waals surface area contributed by atoms with Gasteiger partial charge >= 0.3 is 5.97 Å². The molecule has 18 heavy (non-hydrogen) atoms. The number of hydrogen-bond donors (Lipinski definition) is 0. The van der Waals surface area contributed by atoms with E-state index in [1.807, 2.05) is 30.3 Å². The van der Waals surface area contributed by atoms with Gasteiger partial charge in [0.1, 0.15) is 5.75 Å². The van der Waals surface area contributed by atoms with Gasteiger partial charge in [0.25, 0.3) is 0 Å². The highest BCUT2D eigenvalue weighted by atomic mass is 16.5. The van der Waals surface area contributed by atoms with Crippen LogP contribution in [0.5, 0.6) is 5.75 Å². The van der Waals surface area contributed by atoms with Crippen molar-refractivity contribution in [2.45, 2.75) is 6.92 Å². The Kier molecular flexibility index (Phi) is 3.86. The SMILES string of the molecule is CC(=O)Oc1ccc(/N=C/c2ccccc2)cc1. The standard InChI is InChI=1S/C15H13NO2/c1-12(17)18-15-9-7-14(8-10-15)16-11-13-5-3-2-4-6-13/h2-11H,1H3/b16-11+. The van der Waals surface area contributed by atoms with E-state index in [2.05, 4.69) is 4.99 Å². The van der Waals surface area contributed by atoms with Crippen molar-refractivity contribution in [2.24, 2.45) is 4.99 Å². The van der Waals surface area contributed by atoms with Gasteiger partial charge in [-0.05, 0) is 29.8 Å². The fraction of sp³-hybridized carbons (Fsp3) is 0.0667. The Morgan fingerprint density at radius 2 is 1.72 bits per heavy atom. The third-order valence-electron chi connectivity index (χ3n) is 2.26. The number of hydrogen-bond acceptors (Lipinski definition) is 3. The van der Waals surface area contributed by atoms with E-state index in [1.165, 1.54) is 6.92 Å². The summed E-state index contributed by atoms with van der Waals surface area (Å²) >= 11 is 0. The van der Waals surface area contributed by atoms with E-state index in [-0.39, 0.29) is 5.97 Å². The Hall–Kier alpha value is -2.42. The summed E-state index contributed by atoms with van der Waals surface area (Å²) in [5.74, 6) is 0.205. The first-order valence-corrected chi connectivity index (χ1v) is 5.61. The molecular formula is C15H13NO2. The van der Waals surface area contributed by atoms with Gasteiger partial charge in [0, 0.05) is 13.1 Å². The second kappa shape index (κ2) is 5.77. The van der Waals surface area contributed by atoms with Gasteiger partial charge < -0.3 is 4.74 Å². The molecule has 2 aromatic carbocycles. The van der Waals surface area contributed by atoms with Crippen LogP contribution in [0.3, 0.4) is 0 Å². The second-order valence-electron chi connectivity index (χ2n) is 3.76. The number of benzene rings is 2. The quantitative estimate of drug-likeness (QED) is 0.468. The Labute approximate surface area is 106 Å². The summed E-state index contributed by atoms with van der Waals surface area (Å²) in [7, 11) is 0. The first-order valence-electron chi connectivity index (χ1n) is 5.61. The van der Waals surface area contributed by atoms with Gasteiger partial charge in [-0.2, -0.15) is 0 Å². The summed E-state index contributed by atoms with van der Waals surface area (Å²) in [5.41, 5.74) is 1.86. The molecule has 0 saturated carbocycles. The lowest BCUT2D eigenvalue weighted by Gasteiger charge is -2.00. The van der Waals surface area contributed by atoms with Gasteiger partial charge in [0.05, 0.1) is 5.69 Å². The van der Waals surface area contributed by atoms with E-state index < -0.39 is 0 Å². The summed E-state index contributed by atoms with van der Waals surface area (Å²) < 4.78 is 4.94. The molecule has 0 atom stereocenters. The molecule has 0 aromatic heterocycles. The largest absolute Gasteiger partial charge is 0.427 e. The maximum atomic E-state index is 10.8. The molecule has 0 aliphatic heterocycles. The van der Waals surface area contributed by atoms with E-state index in [0.717, 1.165) is 11.3 Å². The smallest absolute Gasteiger partial charge is 0.308 e. The Balaban J connectivity index is 2.06. The summed E-state index contributed by atoms with van der Waals surface area (Å²) in [6.45, 7) is 1.38. The molecule has 0 bridgehead atoms. The summed E-state index contributed by atoms with van der Waals surface area (Å²) in [5, 5.41) is 0. The van der Waals surface area contributed by atoms with E-state index in [1.54, 1.807) is 30.5 Å². The van der Waals surface area contributed by atoms with Crippen molar-refractivity contribution >= 4 is 17.9 Å². The lowest BCUT2D eigenvalue weighted by Crippen LogP contribution is -2.00. The van der Waals surface area contributed by atoms with Crippen LogP contribution in [-0.2, 0) is 4.79 Å². The van der Waals surface area contributed by atoms with Crippen LogP contribution in [0, 0.1) is 0 Å². The normalized spacial score (nSPS) is 10.5. The predicted molar refractivity (Wildman–Crippen MR) is 71.4 cm³/mol. The zero-order valence-corrected chi connectivity index (χ0v) is 10.0. The van der Waals surface area contributed by atoms with Crippen LogP contribution in [0.4, 0.5) is 5.69 Å². The minimum atomic E-state index is -0.324. The molecule has 0 saturated heterocycles. The molecule has 0 spiro atoms. The fourth-order valence-electron chi connectivity index (χ4n) is 1.45. The van der Waals surface area contributed by atoms with Crippen molar-refractivity contribution in [3.8, 4) is 5.75 Å². The maximum Gasteiger partial charge on any atom is 0.308 e. The monoisotopic (exact) mass is 239 g/mol. The number of ether oxygens (including phenoxy) is 1. The number of aliphatic imine (C=N–C) groups is 1.